The topological polar surface area (TPSA) is 102 Å². The van der Waals surface area contributed by atoms with Crippen molar-refractivity contribution in [3.8, 4) is 11.5 Å². The molecular weight excluding hydrogens is 477 g/mol. The minimum Gasteiger partial charge on any atom is -0.482 e. The molecule has 9 nitrogen and oxygen atoms in total. The van der Waals surface area contributed by atoms with Crippen LogP contribution in [0.2, 0.25) is 5.02 Å². The third-order valence-electron chi connectivity index (χ3n) is 4.91. The Morgan fingerprint density at radius 2 is 2.00 bits per heavy atom. The van der Waals surface area contributed by atoms with Crippen molar-refractivity contribution in [3.63, 3.8) is 0 Å². The van der Waals surface area contributed by atoms with Gasteiger partial charge < -0.3 is 25.0 Å². The summed E-state index contributed by atoms with van der Waals surface area (Å²) in [4.78, 5) is 27.9. The number of fused-ring (bicyclic) bond motifs is 1. The van der Waals surface area contributed by atoms with Crippen LogP contribution in [0.5, 0.6) is 11.5 Å². The van der Waals surface area contributed by atoms with Crippen molar-refractivity contribution in [1.29, 1.82) is 0 Å². The second-order valence-electron chi connectivity index (χ2n) is 7.42. The summed E-state index contributed by atoms with van der Waals surface area (Å²) in [6, 6.07) is 4.89. The molecule has 1 aliphatic rings. The van der Waals surface area contributed by atoms with Gasteiger partial charge in [-0.1, -0.05) is 11.6 Å². The molecule has 0 spiro atoms. The summed E-state index contributed by atoms with van der Waals surface area (Å²) < 4.78 is 46.0. The largest absolute Gasteiger partial charge is 0.573 e. The number of nitrogens with zero attached hydrogens (tertiary/aromatic N) is 4. The van der Waals surface area contributed by atoms with Gasteiger partial charge in [0.1, 0.15) is 11.5 Å². The zero-order valence-corrected chi connectivity index (χ0v) is 18.7. The van der Waals surface area contributed by atoms with Crippen LogP contribution in [0.3, 0.4) is 0 Å². The van der Waals surface area contributed by atoms with Crippen LogP contribution in [0.1, 0.15) is 5.69 Å². The van der Waals surface area contributed by atoms with Crippen LogP contribution in [-0.2, 0) is 4.79 Å². The molecular formula is C21H20ClF3N6O3. The molecule has 2 aromatic heterocycles. The minimum absolute atomic E-state index is 0.0349. The Balaban J connectivity index is 1.39. The number of hydrogen-bond donors (Lipinski definition) is 2. The molecule has 1 saturated heterocycles. The Morgan fingerprint density at radius 3 is 2.71 bits per heavy atom. The van der Waals surface area contributed by atoms with Gasteiger partial charge in [-0.25, -0.2) is 9.97 Å². The molecule has 1 aromatic carbocycles. The van der Waals surface area contributed by atoms with Crippen molar-refractivity contribution in [3.05, 3.63) is 41.2 Å². The van der Waals surface area contributed by atoms with Crippen molar-refractivity contribution >= 4 is 40.2 Å². The fraction of sp³-hybridized carbons (Fsp3) is 0.333. The number of hydrogen-bond acceptors (Lipinski definition) is 8. The van der Waals surface area contributed by atoms with E-state index in [0.29, 0.717) is 22.7 Å². The highest BCUT2D eigenvalue weighted by Gasteiger charge is 2.31. The molecule has 0 saturated carbocycles. The fourth-order valence-corrected chi connectivity index (χ4v) is 3.58. The summed E-state index contributed by atoms with van der Waals surface area (Å²) in [6.07, 6.45) is -3.36. The third-order valence-corrected chi connectivity index (χ3v) is 5.20. The average Bonchev–Trinajstić information content (AvgIpc) is 2.78. The first-order chi connectivity index (χ1) is 16.2. The van der Waals surface area contributed by atoms with Crippen LogP contribution < -0.4 is 25.0 Å². The molecule has 3 heterocycles. The number of carbonyl (C=O) groups is 1. The Labute approximate surface area is 197 Å². The van der Waals surface area contributed by atoms with Gasteiger partial charge in [0.2, 0.25) is 5.95 Å². The second-order valence-corrected chi connectivity index (χ2v) is 7.83. The minimum atomic E-state index is -4.84. The van der Waals surface area contributed by atoms with Gasteiger partial charge in [-0.05, 0) is 25.1 Å². The van der Waals surface area contributed by atoms with Crippen molar-refractivity contribution in [2.75, 3.05) is 43.0 Å². The highest BCUT2D eigenvalue weighted by atomic mass is 35.5. The maximum Gasteiger partial charge on any atom is 0.573 e. The second kappa shape index (κ2) is 9.85. The fourth-order valence-electron chi connectivity index (χ4n) is 3.35. The maximum atomic E-state index is 12.3. The SMILES string of the molecule is Cc1nc(N2CCNCC2)nc2ncc(NC(=O)COc3ccc(OC(F)(F)F)cc3Cl)cc12. The van der Waals surface area contributed by atoms with Gasteiger partial charge >= 0.3 is 6.36 Å². The maximum absolute atomic E-state index is 12.3. The monoisotopic (exact) mass is 496 g/mol. The van der Waals surface area contributed by atoms with Crippen LogP contribution in [0, 0.1) is 6.92 Å². The van der Waals surface area contributed by atoms with E-state index in [-0.39, 0.29) is 10.8 Å². The van der Waals surface area contributed by atoms with Crippen LogP contribution >= 0.6 is 11.6 Å². The first-order valence-corrected chi connectivity index (χ1v) is 10.6. The molecule has 2 N–H and O–H groups in total. The lowest BCUT2D eigenvalue weighted by atomic mass is 10.2. The number of anilines is 2. The highest BCUT2D eigenvalue weighted by Crippen LogP contribution is 2.31. The van der Waals surface area contributed by atoms with Crippen LogP contribution in [-0.4, -0.2) is 60.0 Å². The van der Waals surface area contributed by atoms with Crippen molar-refractivity contribution < 1.29 is 27.4 Å². The standard InChI is InChI=1S/C21H20ClF3N6O3/c1-12-15-8-13(10-27-19(15)30-20(28-12)31-6-4-26-5-7-31)29-18(32)11-33-17-3-2-14(9-16(17)22)34-21(23,24)25/h2-3,8-10,26H,4-7,11H2,1H3,(H,29,32). The average molecular weight is 497 g/mol. The summed E-state index contributed by atoms with van der Waals surface area (Å²) >= 11 is 5.92. The first kappa shape index (κ1) is 23.8. The Bertz CT molecular complexity index is 1200. The number of ether oxygens (including phenoxy) is 2. The number of benzene rings is 1. The van der Waals surface area contributed by atoms with E-state index >= 15 is 0 Å². The molecule has 0 atom stereocenters. The molecule has 180 valence electrons. The molecule has 1 aliphatic heterocycles. The lowest BCUT2D eigenvalue weighted by Crippen LogP contribution is -2.44. The van der Waals surface area contributed by atoms with Gasteiger partial charge in [0.25, 0.3) is 5.91 Å². The summed E-state index contributed by atoms with van der Waals surface area (Å²) in [7, 11) is 0. The summed E-state index contributed by atoms with van der Waals surface area (Å²) in [5.41, 5.74) is 1.66. The van der Waals surface area contributed by atoms with Gasteiger partial charge in [0.15, 0.2) is 12.3 Å². The molecule has 34 heavy (non-hydrogen) atoms. The van der Waals surface area contributed by atoms with Gasteiger partial charge in [0, 0.05) is 37.6 Å². The van der Waals surface area contributed by atoms with Crippen molar-refractivity contribution in [2.45, 2.75) is 13.3 Å². The normalized spacial score (nSPS) is 14.2. The number of alkyl halides is 3. The molecule has 0 aliphatic carbocycles. The van der Waals surface area contributed by atoms with Crippen molar-refractivity contribution in [1.82, 2.24) is 20.3 Å². The quantitative estimate of drug-likeness (QED) is 0.536. The number of aromatic nitrogens is 3. The van der Waals surface area contributed by atoms with Gasteiger partial charge in [-0.15, -0.1) is 13.2 Å². The molecule has 4 rings (SSSR count). The zero-order valence-electron chi connectivity index (χ0n) is 17.9. The first-order valence-electron chi connectivity index (χ1n) is 10.3. The number of nitrogens with one attached hydrogen (secondary N) is 2. The van der Waals surface area contributed by atoms with E-state index in [0.717, 1.165) is 44.0 Å². The molecule has 0 bridgehead atoms. The third kappa shape index (κ3) is 5.94. The molecule has 13 heteroatoms. The Hall–Kier alpha value is -3.38. The van der Waals surface area contributed by atoms with Crippen molar-refractivity contribution in [2.24, 2.45) is 0 Å². The molecule has 0 radical (unpaired) electrons. The number of halogens is 4. The van der Waals surface area contributed by atoms with E-state index in [1.165, 1.54) is 12.3 Å². The number of carbonyl (C=O) groups excluding carboxylic acids is 1. The Kier molecular flexibility index (Phi) is 6.89. The summed E-state index contributed by atoms with van der Waals surface area (Å²) in [5.74, 6) is -0.349. The lowest BCUT2D eigenvalue weighted by Gasteiger charge is -2.27. The molecule has 0 unspecified atom stereocenters. The smallest absolute Gasteiger partial charge is 0.482 e. The number of piperazine rings is 1. The van der Waals surface area contributed by atoms with E-state index in [4.69, 9.17) is 16.3 Å². The van der Waals surface area contributed by atoms with E-state index in [1.54, 1.807) is 6.07 Å². The molecule has 1 amide bonds. The summed E-state index contributed by atoms with van der Waals surface area (Å²) in [5, 5.41) is 6.50. The van der Waals surface area contributed by atoms with Crippen LogP contribution in [0.15, 0.2) is 30.5 Å². The van der Waals surface area contributed by atoms with E-state index in [9.17, 15) is 18.0 Å². The van der Waals surface area contributed by atoms with Gasteiger partial charge in [-0.2, -0.15) is 4.98 Å². The number of aryl methyl sites for hydroxylation is 1. The Morgan fingerprint density at radius 1 is 1.24 bits per heavy atom. The predicted molar refractivity (Wildman–Crippen MR) is 119 cm³/mol. The van der Waals surface area contributed by atoms with E-state index in [2.05, 4.69) is 35.2 Å². The molecule has 3 aromatic rings. The predicted octanol–water partition coefficient (Wildman–Crippen LogP) is 3.31. The summed E-state index contributed by atoms with van der Waals surface area (Å²) in [6.45, 7) is 4.76. The van der Waals surface area contributed by atoms with E-state index < -0.39 is 24.6 Å². The lowest BCUT2D eigenvalue weighted by molar-refractivity contribution is -0.274. The number of amides is 1. The van der Waals surface area contributed by atoms with Crippen LogP contribution in [0.4, 0.5) is 24.8 Å². The van der Waals surface area contributed by atoms with E-state index in [1.807, 2.05) is 6.92 Å². The highest BCUT2D eigenvalue weighted by molar-refractivity contribution is 6.32. The zero-order chi connectivity index (χ0) is 24.3. The van der Waals surface area contributed by atoms with Crippen LogP contribution in [0.25, 0.3) is 11.0 Å². The van der Waals surface area contributed by atoms with Gasteiger partial charge in [0.05, 0.1) is 22.6 Å². The van der Waals surface area contributed by atoms with Gasteiger partial charge in [-0.3, -0.25) is 4.79 Å². The molecule has 1 fully saturated rings. The number of rotatable bonds is 6. The number of pyridine rings is 1.